The van der Waals surface area contributed by atoms with Crippen molar-refractivity contribution >= 4 is 5.91 Å². The highest BCUT2D eigenvalue weighted by Crippen LogP contribution is 2.48. The first kappa shape index (κ1) is 15.3. The quantitative estimate of drug-likeness (QED) is 0.910. The third kappa shape index (κ3) is 3.11. The maximum absolute atomic E-state index is 12.6. The molecule has 3 nitrogen and oxygen atoms in total. The number of nitrogens with one attached hydrogen (secondary N) is 1. The van der Waals surface area contributed by atoms with Gasteiger partial charge in [0.2, 0.25) is 5.91 Å². The molecule has 1 aromatic rings. The minimum Gasteiger partial charge on any atom is -0.340 e. The van der Waals surface area contributed by atoms with Crippen LogP contribution >= 0.6 is 0 Å². The van der Waals surface area contributed by atoms with Gasteiger partial charge in [0.25, 0.3) is 0 Å². The number of nitrogens with zero attached hydrogens (tertiary/aromatic N) is 1. The fourth-order valence-electron chi connectivity index (χ4n) is 3.12. The summed E-state index contributed by atoms with van der Waals surface area (Å²) in [5.74, 6) is 0.139. The lowest BCUT2D eigenvalue weighted by Gasteiger charge is -2.32. The SMILES string of the molecule is C[C@@H]1CN(C(=O)[C@H]2C[C@H]2c2ccc(C(F)(F)F)cc2)CCN1. The standard InChI is InChI=1S/C16H19F3N2O/c1-10-9-21(7-6-20-10)15(22)14-8-13(14)11-2-4-12(5-3-11)16(17,18)19/h2-5,10,13-14,20H,6-9H2,1H3/t10-,13+,14+/m1/s1. The second-order valence-corrected chi connectivity index (χ2v) is 6.21. The minimum absolute atomic E-state index is 0.0676. The van der Waals surface area contributed by atoms with Crippen LogP contribution in [0.1, 0.15) is 30.4 Å². The molecule has 120 valence electrons. The van der Waals surface area contributed by atoms with Crippen LogP contribution in [-0.2, 0) is 11.0 Å². The van der Waals surface area contributed by atoms with Gasteiger partial charge >= 0.3 is 6.18 Å². The predicted octanol–water partition coefficient (Wildman–Crippen LogP) is 2.63. The van der Waals surface area contributed by atoms with Gasteiger partial charge in [0, 0.05) is 31.6 Å². The molecule has 3 atom stereocenters. The van der Waals surface area contributed by atoms with Crippen LogP contribution in [0.3, 0.4) is 0 Å². The summed E-state index contributed by atoms with van der Waals surface area (Å²) < 4.78 is 37.7. The number of hydrogen-bond acceptors (Lipinski definition) is 2. The lowest BCUT2D eigenvalue weighted by atomic mass is 10.1. The molecule has 22 heavy (non-hydrogen) atoms. The topological polar surface area (TPSA) is 32.3 Å². The van der Waals surface area contributed by atoms with Crippen LogP contribution in [0, 0.1) is 5.92 Å². The molecular formula is C16H19F3N2O. The summed E-state index contributed by atoms with van der Waals surface area (Å²) in [5, 5.41) is 3.29. The van der Waals surface area contributed by atoms with Gasteiger partial charge in [0.05, 0.1) is 5.56 Å². The highest BCUT2D eigenvalue weighted by atomic mass is 19.4. The summed E-state index contributed by atoms with van der Waals surface area (Å²) in [7, 11) is 0. The van der Waals surface area contributed by atoms with Crippen LogP contribution in [0.4, 0.5) is 13.2 Å². The van der Waals surface area contributed by atoms with Crippen molar-refractivity contribution in [3.8, 4) is 0 Å². The van der Waals surface area contributed by atoms with Crippen molar-refractivity contribution in [2.24, 2.45) is 5.92 Å². The van der Waals surface area contributed by atoms with Crippen molar-refractivity contribution in [3.05, 3.63) is 35.4 Å². The van der Waals surface area contributed by atoms with E-state index in [0.717, 1.165) is 30.7 Å². The van der Waals surface area contributed by atoms with E-state index in [1.165, 1.54) is 12.1 Å². The fourth-order valence-corrected chi connectivity index (χ4v) is 3.12. The molecule has 1 amide bonds. The predicted molar refractivity (Wildman–Crippen MR) is 76.3 cm³/mol. The number of alkyl halides is 3. The summed E-state index contributed by atoms with van der Waals surface area (Å²) in [6.45, 7) is 4.25. The summed E-state index contributed by atoms with van der Waals surface area (Å²) in [6, 6.07) is 5.49. The first-order valence-corrected chi connectivity index (χ1v) is 7.55. The summed E-state index contributed by atoms with van der Waals surface area (Å²) in [6.07, 6.45) is -3.57. The van der Waals surface area contributed by atoms with E-state index in [-0.39, 0.29) is 17.7 Å². The molecule has 2 aliphatic rings. The Morgan fingerprint density at radius 2 is 1.95 bits per heavy atom. The zero-order valence-electron chi connectivity index (χ0n) is 12.4. The van der Waals surface area contributed by atoms with Gasteiger partial charge < -0.3 is 10.2 Å². The highest BCUT2D eigenvalue weighted by Gasteiger charge is 2.46. The van der Waals surface area contributed by atoms with E-state index in [1.807, 2.05) is 11.8 Å². The third-order valence-corrected chi connectivity index (χ3v) is 4.45. The Bertz CT molecular complexity index is 556. The molecule has 1 aliphatic heterocycles. The molecule has 6 heteroatoms. The number of carbonyl (C=O) groups is 1. The lowest BCUT2D eigenvalue weighted by molar-refractivity contribution is -0.137. The average molecular weight is 312 g/mol. The van der Waals surface area contributed by atoms with Crippen molar-refractivity contribution in [2.45, 2.75) is 31.5 Å². The maximum atomic E-state index is 12.6. The number of hydrogen-bond donors (Lipinski definition) is 1. The Morgan fingerprint density at radius 3 is 2.55 bits per heavy atom. The molecule has 2 fully saturated rings. The zero-order valence-corrected chi connectivity index (χ0v) is 12.4. The molecule has 1 saturated heterocycles. The number of piperazine rings is 1. The Hall–Kier alpha value is -1.56. The molecule has 0 aromatic heterocycles. The van der Waals surface area contributed by atoms with Crippen LogP contribution in [0.5, 0.6) is 0 Å². The van der Waals surface area contributed by atoms with Gasteiger partial charge in [-0.3, -0.25) is 4.79 Å². The number of halogens is 3. The van der Waals surface area contributed by atoms with Gasteiger partial charge in [-0.25, -0.2) is 0 Å². The first-order chi connectivity index (χ1) is 10.4. The van der Waals surface area contributed by atoms with Crippen molar-refractivity contribution in [1.29, 1.82) is 0 Å². The highest BCUT2D eigenvalue weighted by molar-refractivity contribution is 5.83. The molecule has 1 N–H and O–H groups in total. The largest absolute Gasteiger partial charge is 0.416 e. The summed E-state index contributed by atoms with van der Waals surface area (Å²) in [5.41, 5.74) is 0.185. The Labute approximate surface area is 127 Å². The van der Waals surface area contributed by atoms with E-state index in [0.29, 0.717) is 19.1 Å². The second-order valence-electron chi connectivity index (χ2n) is 6.21. The Kier molecular flexibility index (Phi) is 3.89. The first-order valence-electron chi connectivity index (χ1n) is 7.55. The Balaban J connectivity index is 1.63. The van der Waals surface area contributed by atoms with E-state index < -0.39 is 11.7 Å². The molecule has 0 unspecified atom stereocenters. The van der Waals surface area contributed by atoms with E-state index in [4.69, 9.17) is 0 Å². The van der Waals surface area contributed by atoms with E-state index >= 15 is 0 Å². The fraction of sp³-hybridized carbons (Fsp3) is 0.562. The normalized spacial score (nSPS) is 28.5. The molecule has 1 aliphatic carbocycles. The van der Waals surface area contributed by atoms with E-state index in [1.54, 1.807) is 0 Å². The molecule has 0 radical (unpaired) electrons. The van der Waals surface area contributed by atoms with E-state index in [2.05, 4.69) is 5.32 Å². The van der Waals surface area contributed by atoms with E-state index in [9.17, 15) is 18.0 Å². The molecular weight excluding hydrogens is 293 g/mol. The maximum Gasteiger partial charge on any atom is 0.416 e. The van der Waals surface area contributed by atoms with Gasteiger partial charge in [0.15, 0.2) is 0 Å². The monoisotopic (exact) mass is 312 g/mol. The third-order valence-electron chi connectivity index (χ3n) is 4.45. The molecule has 1 saturated carbocycles. The molecule has 0 spiro atoms. The van der Waals surface area contributed by atoms with Crippen LogP contribution in [0.2, 0.25) is 0 Å². The van der Waals surface area contributed by atoms with Crippen LogP contribution < -0.4 is 5.32 Å². The minimum atomic E-state index is -4.31. The number of rotatable bonds is 2. The number of benzene rings is 1. The Morgan fingerprint density at radius 1 is 1.27 bits per heavy atom. The number of carbonyl (C=O) groups excluding carboxylic acids is 1. The van der Waals surface area contributed by atoms with Gasteiger partial charge in [-0.1, -0.05) is 12.1 Å². The van der Waals surface area contributed by atoms with Gasteiger partial charge in [0.1, 0.15) is 0 Å². The van der Waals surface area contributed by atoms with Crippen LogP contribution in [-0.4, -0.2) is 36.5 Å². The molecule has 3 rings (SSSR count). The smallest absolute Gasteiger partial charge is 0.340 e. The van der Waals surface area contributed by atoms with Gasteiger partial charge in [-0.05, 0) is 37.0 Å². The van der Waals surface area contributed by atoms with Gasteiger partial charge in [-0.2, -0.15) is 13.2 Å². The molecule has 1 heterocycles. The molecule has 1 aromatic carbocycles. The molecule has 0 bridgehead atoms. The van der Waals surface area contributed by atoms with Crippen molar-refractivity contribution in [1.82, 2.24) is 10.2 Å². The van der Waals surface area contributed by atoms with Gasteiger partial charge in [-0.15, -0.1) is 0 Å². The second kappa shape index (κ2) is 5.57. The number of amides is 1. The average Bonchev–Trinajstić information content (AvgIpc) is 3.26. The lowest BCUT2D eigenvalue weighted by Crippen LogP contribution is -2.51. The summed E-state index contributed by atoms with van der Waals surface area (Å²) in [4.78, 5) is 14.3. The summed E-state index contributed by atoms with van der Waals surface area (Å²) >= 11 is 0. The zero-order chi connectivity index (χ0) is 15.9. The van der Waals surface area contributed by atoms with Crippen molar-refractivity contribution < 1.29 is 18.0 Å². The van der Waals surface area contributed by atoms with Crippen molar-refractivity contribution in [2.75, 3.05) is 19.6 Å². The van der Waals surface area contributed by atoms with Crippen molar-refractivity contribution in [3.63, 3.8) is 0 Å². The van der Waals surface area contributed by atoms with Crippen LogP contribution in [0.25, 0.3) is 0 Å². The van der Waals surface area contributed by atoms with Crippen LogP contribution in [0.15, 0.2) is 24.3 Å².